The Morgan fingerprint density at radius 2 is 1.82 bits per heavy atom. The number of fused-ring (bicyclic) bond motifs is 1. The van der Waals surface area contributed by atoms with Crippen molar-refractivity contribution < 1.29 is 27.9 Å². The van der Waals surface area contributed by atoms with E-state index in [9.17, 15) is 18.4 Å². The first-order valence-corrected chi connectivity index (χ1v) is 15.4. The fraction of sp³-hybridized carbons (Fsp3) is 0.567. The molecule has 1 aliphatic heterocycles. The number of hydroxylamine groups is 1. The fourth-order valence-corrected chi connectivity index (χ4v) is 7.85. The Morgan fingerprint density at radius 1 is 1.05 bits per heavy atom. The molecule has 0 radical (unpaired) electrons. The maximum Gasteiger partial charge on any atom is 0.265 e. The van der Waals surface area contributed by atoms with Gasteiger partial charge in [0, 0.05) is 13.2 Å². The van der Waals surface area contributed by atoms with Crippen molar-refractivity contribution in [3.8, 4) is 5.75 Å². The Labute approximate surface area is 226 Å². The van der Waals surface area contributed by atoms with Crippen molar-refractivity contribution in [3.05, 3.63) is 59.2 Å². The lowest BCUT2D eigenvalue weighted by molar-refractivity contribution is -0.134. The van der Waals surface area contributed by atoms with Crippen LogP contribution in [-0.4, -0.2) is 44.1 Å². The highest BCUT2D eigenvalue weighted by Crippen LogP contribution is 2.36. The Balaban J connectivity index is 1.26. The van der Waals surface area contributed by atoms with Gasteiger partial charge in [-0.3, -0.25) is 10.0 Å². The molecule has 8 heteroatoms. The summed E-state index contributed by atoms with van der Waals surface area (Å²) in [5.74, 6) is 0.327. The van der Waals surface area contributed by atoms with Crippen LogP contribution in [0.5, 0.6) is 5.75 Å². The van der Waals surface area contributed by atoms with Crippen LogP contribution < -0.4 is 10.2 Å². The molecule has 1 heterocycles. The monoisotopic (exact) mass is 543 g/mol. The van der Waals surface area contributed by atoms with Crippen molar-refractivity contribution >= 4 is 15.7 Å². The van der Waals surface area contributed by atoms with Gasteiger partial charge in [-0.05, 0) is 93.2 Å². The van der Waals surface area contributed by atoms with Gasteiger partial charge in [-0.15, -0.1) is 0 Å². The van der Waals surface area contributed by atoms with Crippen molar-refractivity contribution in [1.82, 2.24) is 5.48 Å². The number of sulfone groups is 1. The Bertz CT molecular complexity index is 1170. The number of ether oxygens (including phenoxy) is 2. The minimum absolute atomic E-state index is 0.00788. The van der Waals surface area contributed by atoms with Crippen LogP contribution in [0.1, 0.15) is 86.8 Å². The van der Waals surface area contributed by atoms with Crippen molar-refractivity contribution in [1.29, 1.82) is 0 Å². The maximum absolute atomic E-state index is 13.3. The molecule has 0 aromatic heterocycles. The molecule has 0 saturated carbocycles. The van der Waals surface area contributed by atoms with E-state index in [1.165, 1.54) is 56.2 Å². The van der Waals surface area contributed by atoms with Crippen LogP contribution in [0.15, 0.2) is 47.4 Å². The third-order valence-electron chi connectivity index (χ3n) is 8.17. The second kappa shape index (κ2) is 13.1. The van der Waals surface area contributed by atoms with Crippen molar-refractivity contribution in [2.75, 3.05) is 19.8 Å². The summed E-state index contributed by atoms with van der Waals surface area (Å²) in [6.07, 6.45) is 10.8. The number of unbranched alkanes of at least 4 members (excludes halogenated alkanes) is 2. The van der Waals surface area contributed by atoms with E-state index in [-0.39, 0.29) is 31.0 Å². The molecule has 38 heavy (non-hydrogen) atoms. The summed E-state index contributed by atoms with van der Waals surface area (Å²) in [6.45, 7) is 3.03. The lowest BCUT2D eigenvalue weighted by Crippen LogP contribution is -2.54. The number of nitrogens with one attached hydrogen (secondary N) is 1. The molecule has 1 fully saturated rings. The van der Waals surface area contributed by atoms with E-state index in [2.05, 4.69) is 25.1 Å². The lowest BCUT2D eigenvalue weighted by Gasteiger charge is -2.34. The predicted octanol–water partition coefficient (Wildman–Crippen LogP) is 5.66. The number of amides is 1. The molecule has 1 unspecified atom stereocenters. The predicted molar refractivity (Wildman–Crippen MR) is 146 cm³/mol. The average Bonchev–Trinajstić information content (AvgIpc) is 2.92. The van der Waals surface area contributed by atoms with Crippen molar-refractivity contribution in [2.24, 2.45) is 0 Å². The zero-order valence-electron chi connectivity index (χ0n) is 22.4. The van der Waals surface area contributed by atoms with E-state index in [4.69, 9.17) is 9.47 Å². The third kappa shape index (κ3) is 6.41. The second-order valence-corrected chi connectivity index (χ2v) is 13.0. The summed E-state index contributed by atoms with van der Waals surface area (Å²) in [5, 5.41) is 9.19. The third-order valence-corrected chi connectivity index (χ3v) is 10.7. The summed E-state index contributed by atoms with van der Waals surface area (Å²) in [5.41, 5.74) is 6.00. The van der Waals surface area contributed by atoms with Crippen molar-refractivity contribution in [2.45, 2.75) is 93.1 Å². The molecule has 2 N–H and O–H groups in total. The molecule has 0 spiro atoms. The highest BCUT2D eigenvalue weighted by Gasteiger charge is 2.52. The normalized spacial score (nSPS) is 19.6. The Kier molecular flexibility index (Phi) is 9.85. The first kappa shape index (κ1) is 28.6. The van der Waals surface area contributed by atoms with Gasteiger partial charge < -0.3 is 9.47 Å². The Morgan fingerprint density at radius 3 is 2.55 bits per heavy atom. The van der Waals surface area contributed by atoms with Crippen LogP contribution in [0.2, 0.25) is 0 Å². The van der Waals surface area contributed by atoms with Crippen LogP contribution in [0.4, 0.5) is 0 Å². The number of benzene rings is 2. The molecule has 2 aliphatic rings. The molecule has 2 aromatic rings. The molecule has 4 rings (SSSR count). The molecule has 2 aromatic carbocycles. The van der Waals surface area contributed by atoms with Crippen LogP contribution in [0.3, 0.4) is 0 Å². The smallest absolute Gasteiger partial charge is 0.265 e. The lowest BCUT2D eigenvalue weighted by atomic mass is 9.82. The molecular formula is C30H41NO6S. The van der Waals surface area contributed by atoms with Crippen LogP contribution in [0, 0.1) is 6.92 Å². The topological polar surface area (TPSA) is 102 Å². The van der Waals surface area contributed by atoms with Crippen LogP contribution in [-0.2, 0) is 25.8 Å². The summed E-state index contributed by atoms with van der Waals surface area (Å²) in [6, 6.07) is 13.2. The van der Waals surface area contributed by atoms with Gasteiger partial charge in [0.1, 0.15) is 5.75 Å². The van der Waals surface area contributed by atoms with Gasteiger partial charge >= 0.3 is 0 Å². The van der Waals surface area contributed by atoms with E-state index in [0.29, 0.717) is 18.3 Å². The molecule has 1 aliphatic carbocycles. The SMILES string of the molecule is Cc1ccc2c(c1)CCCCCC2CCCCCOc1ccc(S(=O)(=O)C2(C(=O)NO)CCOCC2)cc1. The van der Waals surface area contributed by atoms with Gasteiger partial charge in [-0.2, -0.15) is 0 Å². The minimum atomic E-state index is -4.03. The van der Waals surface area contributed by atoms with Gasteiger partial charge in [0.2, 0.25) is 0 Å². The number of aryl methyl sites for hydroxylation is 2. The number of hydrogen-bond acceptors (Lipinski definition) is 6. The van der Waals surface area contributed by atoms with E-state index in [1.54, 1.807) is 28.7 Å². The van der Waals surface area contributed by atoms with Crippen molar-refractivity contribution in [3.63, 3.8) is 0 Å². The van der Waals surface area contributed by atoms with Gasteiger partial charge in [0.25, 0.3) is 5.91 Å². The standard InChI is InChI=1S/C30H41NO6S/c1-23-11-16-28-24(8-4-2-5-10-25(28)22-23)9-6-3-7-19-37-26-12-14-27(15-13-26)38(34,35)30(29(32)31-33)17-20-36-21-18-30/h11-16,22,24,33H,2-10,17-21H2,1H3,(H,31,32). The summed E-state index contributed by atoms with van der Waals surface area (Å²) >= 11 is 0. The Hall–Kier alpha value is -2.42. The largest absolute Gasteiger partial charge is 0.494 e. The molecule has 1 atom stereocenters. The number of carbonyl (C=O) groups excluding carboxylic acids is 1. The van der Waals surface area contributed by atoms with Gasteiger partial charge in [-0.1, -0.05) is 49.4 Å². The summed E-state index contributed by atoms with van der Waals surface area (Å²) in [4.78, 5) is 12.4. The molecule has 1 amide bonds. The quantitative estimate of drug-likeness (QED) is 0.228. The summed E-state index contributed by atoms with van der Waals surface area (Å²) < 4.78 is 36.1. The second-order valence-electron chi connectivity index (χ2n) is 10.7. The molecule has 0 bridgehead atoms. The molecule has 7 nitrogen and oxygen atoms in total. The molecule has 1 saturated heterocycles. The van der Waals surface area contributed by atoms with Gasteiger partial charge in [0.15, 0.2) is 14.6 Å². The number of carbonyl (C=O) groups is 1. The highest BCUT2D eigenvalue weighted by molar-refractivity contribution is 7.93. The number of rotatable bonds is 10. The first-order chi connectivity index (χ1) is 18.4. The van der Waals surface area contributed by atoms with Crippen LogP contribution in [0.25, 0.3) is 0 Å². The zero-order valence-corrected chi connectivity index (χ0v) is 23.2. The van der Waals surface area contributed by atoms with Gasteiger partial charge in [-0.25, -0.2) is 13.9 Å². The summed E-state index contributed by atoms with van der Waals surface area (Å²) in [7, 11) is -4.03. The maximum atomic E-state index is 13.3. The molecule has 208 valence electrons. The zero-order chi connectivity index (χ0) is 27.0. The van der Waals surface area contributed by atoms with E-state index in [1.807, 2.05) is 0 Å². The van der Waals surface area contributed by atoms with Gasteiger partial charge in [0.05, 0.1) is 11.5 Å². The molecular weight excluding hydrogens is 502 g/mol. The fourth-order valence-electron chi connectivity index (χ4n) is 5.91. The van der Waals surface area contributed by atoms with E-state index < -0.39 is 20.5 Å². The highest BCUT2D eigenvalue weighted by atomic mass is 32.2. The van der Waals surface area contributed by atoms with E-state index >= 15 is 0 Å². The minimum Gasteiger partial charge on any atom is -0.494 e. The van der Waals surface area contributed by atoms with E-state index in [0.717, 1.165) is 19.3 Å². The van der Waals surface area contributed by atoms with Crippen LogP contribution >= 0.6 is 0 Å². The number of hydrogen-bond donors (Lipinski definition) is 2. The first-order valence-electron chi connectivity index (χ1n) is 14.0. The average molecular weight is 544 g/mol.